The number of hydrogen-bond acceptors (Lipinski definition) is 3. The van der Waals surface area contributed by atoms with Crippen LogP contribution in [0.4, 0.5) is 10.1 Å². The molecule has 1 heterocycles. The Labute approximate surface area is 117 Å². The Balaban J connectivity index is 2.12. The number of aromatic nitrogens is 2. The Morgan fingerprint density at radius 2 is 2.32 bits per heavy atom. The van der Waals surface area contributed by atoms with Gasteiger partial charge in [-0.2, -0.15) is 5.10 Å². The zero-order chi connectivity index (χ0) is 13.8. The quantitative estimate of drug-likeness (QED) is 0.882. The number of nitrogens with one attached hydrogen (secondary N) is 1. The second kappa shape index (κ2) is 5.83. The second-order valence-electron chi connectivity index (χ2n) is 3.87. The van der Waals surface area contributed by atoms with Crippen molar-refractivity contribution in [1.82, 2.24) is 9.78 Å². The van der Waals surface area contributed by atoms with Crippen LogP contribution in [0.5, 0.6) is 0 Å². The number of benzene rings is 1. The SMILES string of the molecule is NC(=O)c1c(F)cc(Br)cc1NCCn1cccn1. The molecule has 2 rings (SSSR count). The molecule has 0 atom stereocenters. The Morgan fingerprint density at radius 3 is 2.95 bits per heavy atom. The third-order valence-corrected chi connectivity index (χ3v) is 2.97. The van der Waals surface area contributed by atoms with Gasteiger partial charge in [0.15, 0.2) is 0 Å². The largest absolute Gasteiger partial charge is 0.382 e. The van der Waals surface area contributed by atoms with Gasteiger partial charge in [-0.25, -0.2) is 4.39 Å². The molecular weight excluding hydrogens is 315 g/mol. The van der Waals surface area contributed by atoms with Crippen molar-refractivity contribution < 1.29 is 9.18 Å². The van der Waals surface area contributed by atoms with Crippen molar-refractivity contribution in [2.75, 3.05) is 11.9 Å². The zero-order valence-corrected chi connectivity index (χ0v) is 11.5. The van der Waals surface area contributed by atoms with Crippen LogP contribution in [0.1, 0.15) is 10.4 Å². The molecule has 1 aromatic carbocycles. The minimum atomic E-state index is -0.799. The summed E-state index contributed by atoms with van der Waals surface area (Å²) in [6, 6.07) is 4.64. The molecule has 5 nitrogen and oxygen atoms in total. The van der Waals surface area contributed by atoms with E-state index >= 15 is 0 Å². The lowest BCUT2D eigenvalue weighted by atomic mass is 10.1. The van der Waals surface area contributed by atoms with Crippen LogP contribution in [0, 0.1) is 5.82 Å². The summed E-state index contributed by atoms with van der Waals surface area (Å²) in [6.45, 7) is 1.09. The van der Waals surface area contributed by atoms with Crippen molar-refractivity contribution in [3.8, 4) is 0 Å². The van der Waals surface area contributed by atoms with Crippen molar-refractivity contribution in [3.05, 3.63) is 46.4 Å². The summed E-state index contributed by atoms with van der Waals surface area (Å²) in [6.07, 6.45) is 3.49. The van der Waals surface area contributed by atoms with Gasteiger partial charge in [-0.05, 0) is 18.2 Å². The van der Waals surface area contributed by atoms with Gasteiger partial charge in [-0.15, -0.1) is 0 Å². The maximum atomic E-state index is 13.7. The number of nitrogens with zero attached hydrogens (tertiary/aromatic N) is 2. The first kappa shape index (κ1) is 13.5. The van der Waals surface area contributed by atoms with Gasteiger partial charge in [0.1, 0.15) is 5.82 Å². The molecule has 0 saturated heterocycles. The molecule has 0 aliphatic rings. The van der Waals surface area contributed by atoms with E-state index in [0.29, 0.717) is 23.2 Å². The minimum absolute atomic E-state index is 0.135. The van der Waals surface area contributed by atoms with Gasteiger partial charge in [0, 0.05) is 23.4 Å². The first-order chi connectivity index (χ1) is 9.08. The fourth-order valence-electron chi connectivity index (χ4n) is 1.70. The lowest BCUT2D eigenvalue weighted by Gasteiger charge is -2.11. The molecule has 19 heavy (non-hydrogen) atoms. The molecule has 0 unspecified atom stereocenters. The zero-order valence-electron chi connectivity index (χ0n) is 9.94. The first-order valence-electron chi connectivity index (χ1n) is 5.58. The molecule has 2 aromatic rings. The van der Waals surface area contributed by atoms with Crippen LogP contribution in [0.25, 0.3) is 0 Å². The molecule has 0 aliphatic heterocycles. The molecule has 3 N–H and O–H groups in total. The molecule has 1 amide bonds. The van der Waals surface area contributed by atoms with Crippen LogP contribution >= 0.6 is 15.9 Å². The Kier molecular flexibility index (Phi) is 4.16. The maximum Gasteiger partial charge on any atom is 0.253 e. The number of carbonyl (C=O) groups is 1. The van der Waals surface area contributed by atoms with E-state index in [4.69, 9.17) is 5.73 Å². The molecule has 7 heteroatoms. The molecule has 0 aliphatic carbocycles. The summed E-state index contributed by atoms with van der Waals surface area (Å²) in [5.41, 5.74) is 5.41. The lowest BCUT2D eigenvalue weighted by Crippen LogP contribution is -2.18. The third-order valence-electron chi connectivity index (χ3n) is 2.52. The van der Waals surface area contributed by atoms with Crippen molar-refractivity contribution in [1.29, 1.82) is 0 Å². The highest BCUT2D eigenvalue weighted by Gasteiger charge is 2.15. The van der Waals surface area contributed by atoms with Gasteiger partial charge < -0.3 is 11.1 Å². The van der Waals surface area contributed by atoms with E-state index < -0.39 is 11.7 Å². The van der Waals surface area contributed by atoms with Crippen LogP contribution in [0.3, 0.4) is 0 Å². The van der Waals surface area contributed by atoms with Crippen molar-refractivity contribution in [2.45, 2.75) is 6.54 Å². The van der Waals surface area contributed by atoms with Gasteiger partial charge in [-0.3, -0.25) is 9.48 Å². The van der Waals surface area contributed by atoms with Crippen molar-refractivity contribution >= 4 is 27.5 Å². The van der Waals surface area contributed by atoms with E-state index in [0.717, 1.165) is 0 Å². The fourth-order valence-corrected chi connectivity index (χ4v) is 2.13. The van der Waals surface area contributed by atoms with Gasteiger partial charge >= 0.3 is 0 Å². The number of carbonyl (C=O) groups excluding carboxylic acids is 1. The molecule has 0 bridgehead atoms. The Hall–Kier alpha value is -1.89. The normalized spacial score (nSPS) is 10.4. The van der Waals surface area contributed by atoms with Crippen molar-refractivity contribution in [3.63, 3.8) is 0 Å². The van der Waals surface area contributed by atoms with Crippen molar-refractivity contribution in [2.24, 2.45) is 5.73 Å². The highest BCUT2D eigenvalue weighted by molar-refractivity contribution is 9.10. The molecule has 1 aromatic heterocycles. The molecule has 0 fully saturated rings. The van der Waals surface area contributed by atoms with E-state index in [9.17, 15) is 9.18 Å². The molecule has 0 spiro atoms. The van der Waals surface area contributed by atoms with E-state index in [1.54, 1.807) is 16.9 Å². The average Bonchev–Trinajstić information content (AvgIpc) is 2.80. The first-order valence-corrected chi connectivity index (χ1v) is 6.37. The average molecular weight is 327 g/mol. The predicted molar refractivity (Wildman–Crippen MR) is 73.3 cm³/mol. The Morgan fingerprint density at radius 1 is 1.53 bits per heavy atom. The van der Waals surface area contributed by atoms with Gasteiger partial charge in [0.05, 0.1) is 17.8 Å². The fraction of sp³-hybridized carbons (Fsp3) is 0.167. The maximum absolute atomic E-state index is 13.7. The van der Waals surface area contributed by atoms with E-state index in [-0.39, 0.29) is 5.56 Å². The predicted octanol–water partition coefficient (Wildman–Crippen LogP) is 2.00. The summed E-state index contributed by atoms with van der Waals surface area (Å²) < 4.78 is 15.9. The minimum Gasteiger partial charge on any atom is -0.382 e. The van der Waals surface area contributed by atoms with Crippen LogP contribution in [0.15, 0.2) is 35.1 Å². The van der Waals surface area contributed by atoms with Crippen LogP contribution in [-0.2, 0) is 6.54 Å². The van der Waals surface area contributed by atoms with E-state index in [1.807, 2.05) is 12.3 Å². The third kappa shape index (κ3) is 3.31. The lowest BCUT2D eigenvalue weighted by molar-refractivity contribution is 0.0997. The highest BCUT2D eigenvalue weighted by Crippen LogP contribution is 2.24. The standard InChI is InChI=1S/C12H12BrFN4O/c13-8-6-9(14)11(12(15)19)10(7-8)16-3-5-18-4-1-2-17-18/h1-2,4,6-7,16H,3,5H2,(H2,15,19). The molecular formula is C12H12BrFN4O. The van der Waals surface area contributed by atoms with E-state index in [2.05, 4.69) is 26.3 Å². The topological polar surface area (TPSA) is 72.9 Å². The summed E-state index contributed by atoms with van der Waals surface area (Å²) in [7, 11) is 0. The number of hydrogen-bond donors (Lipinski definition) is 2. The number of amides is 1. The van der Waals surface area contributed by atoms with Gasteiger partial charge in [-0.1, -0.05) is 15.9 Å². The smallest absolute Gasteiger partial charge is 0.253 e. The highest BCUT2D eigenvalue weighted by atomic mass is 79.9. The number of anilines is 1. The summed E-state index contributed by atoms with van der Waals surface area (Å²) in [5.74, 6) is -1.45. The summed E-state index contributed by atoms with van der Waals surface area (Å²) >= 11 is 3.18. The summed E-state index contributed by atoms with van der Waals surface area (Å²) in [4.78, 5) is 11.3. The number of halogens is 2. The number of rotatable bonds is 5. The number of nitrogens with two attached hydrogens (primary N) is 1. The monoisotopic (exact) mass is 326 g/mol. The molecule has 0 radical (unpaired) electrons. The molecule has 0 saturated carbocycles. The van der Waals surface area contributed by atoms with Gasteiger partial charge in [0.25, 0.3) is 5.91 Å². The van der Waals surface area contributed by atoms with Crippen LogP contribution in [0.2, 0.25) is 0 Å². The Bertz CT molecular complexity index is 586. The summed E-state index contributed by atoms with van der Waals surface area (Å²) in [5, 5.41) is 7.02. The van der Waals surface area contributed by atoms with Crippen LogP contribution in [-0.4, -0.2) is 22.2 Å². The van der Waals surface area contributed by atoms with Crippen LogP contribution < -0.4 is 11.1 Å². The van der Waals surface area contributed by atoms with E-state index in [1.165, 1.54) is 6.07 Å². The van der Waals surface area contributed by atoms with Gasteiger partial charge in [0.2, 0.25) is 0 Å². The molecule has 100 valence electrons. The number of primary amides is 1. The second-order valence-corrected chi connectivity index (χ2v) is 4.79.